The third kappa shape index (κ3) is 6.95. The number of aryl methyl sites for hydroxylation is 2. The van der Waals surface area contributed by atoms with Gasteiger partial charge < -0.3 is 14.8 Å². The highest BCUT2D eigenvalue weighted by molar-refractivity contribution is 7.80. The molecule has 2 atom stereocenters. The van der Waals surface area contributed by atoms with E-state index in [0.717, 1.165) is 34.4 Å². The first-order valence-electron chi connectivity index (χ1n) is 12.8. The summed E-state index contributed by atoms with van der Waals surface area (Å²) < 4.78 is 25.3. The summed E-state index contributed by atoms with van der Waals surface area (Å²) in [6, 6.07) is 18.0. The molecule has 37 heavy (non-hydrogen) atoms. The molecule has 0 saturated carbocycles. The van der Waals surface area contributed by atoms with Gasteiger partial charge in [0.1, 0.15) is 5.25 Å². The Morgan fingerprint density at radius 3 is 1.89 bits per heavy atom. The van der Waals surface area contributed by atoms with E-state index >= 15 is 0 Å². The Labute approximate surface area is 224 Å². The molecule has 2 unspecified atom stereocenters. The molecular weight excluding hydrogens is 480 g/mol. The van der Waals surface area contributed by atoms with Crippen LogP contribution in [0.3, 0.4) is 0 Å². The van der Waals surface area contributed by atoms with Crippen LogP contribution in [0.25, 0.3) is 11.1 Å². The van der Waals surface area contributed by atoms with Crippen LogP contribution in [0.1, 0.15) is 78.2 Å². The molecule has 0 aliphatic carbocycles. The second kappa shape index (κ2) is 12.2. The minimum absolute atomic E-state index is 0.0307. The largest absolute Gasteiger partial charge is 0.771 e. The van der Waals surface area contributed by atoms with Gasteiger partial charge in [-0.3, -0.25) is 9.00 Å². The molecule has 1 amide bonds. The molecule has 0 fully saturated rings. The van der Waals surface area contributed by atoms with Crippen molar-refractivity contribution in [2.75, 3.05) is 19.4 Å². The lowest BCUT2D eigenvalue weighted by atomic mass is 9.83. The third-order valence-corrected chi connectivity index (χ3v) is 7.58. The summed E-state index contributed by atoms with van der Waals surface area (Å²) >= 11 is -2.65. The summed E-state index contributed by atoms with van der Waals surface area (Å²) in [6.45, 7) is 13.1. The Bertz CT molecular complexity index is 1250. The van der Waals surface area contributed by atoms with Crippen LogP contribution in [-0.4, -0.2) is 33.7 Å². The molecule has 6 heteroatoms. The molecule has 0 spiro atoms. The molecule has 0 heterocycles. The fourth-order valence-electron chi connectivity index (χ4n) is 4.63. The van der Waals surface area contributed by atoms with Gasteiger partial charge in [0, 0.05) is 12.2 Å². The number of anilines is 1. The van der Waals surface area contributed by atoms with E-state index in [0.29, 0.717) is 11.3 Å². The molecule has 0 bridgehead atoms. The zero-order valence-electron chi connectivity index (χ0n) is 23.2. The van der Waals surface area contributed by atoms with E-state index in [-0.39, 0.29) is 11.8 Å². The van der Waals surface area contributed by atoms with Crippen molar-refractivity contribution in [3.8, 4) is 11.1 Å². The number of nitrogens with one attached hydrogen (secondary N) is 1. The maximum Gasteiger partial charge on any atom is 0.243 e. The van der Waals surface area contributed by atoms with Crippen LogP contribution in [0, 0.1) is 13.8 Å². The molecule has 3 aromatic carbocycles. The molecule has 0 aromatic heterocycles. The molecule has 5 nitrogen and oxygen atoms in total. The number of carbonyl (C=O) groups is 1. The van der Waals surface area contributed by atoms with E-state index in [2.05, 4.69) is 54.4 Å². The molecule has 3 rings (SSSR count). The van der Waals surface area contributed by atoms with Gasteiger partial charge in [0.2, 0.25) is 5.91 Å². The number of benzene rings is 3. The van der Waals surface area contributed by atoms with Crippen molar-refractivity contribution in [1.82, 2.24) is 4.90 Å². The second-order valence-corrected chi connectivity index (χ2v) is 11.7. The van der Waals surface area contributed by atoms with Gasteiger partial charge in [0.05, 0.1) is 0 Å². The van der Waals surface area contributed by atoms with Crippen molar-refractivity contribution in [3.05, 3.63) is 88.0 Å². The van der Waals surface area contributed by atoms with Crippen molar-refractivity contribution in [2.24, 2.45) is 0 Å². The minimum Gasteiger partial charge on any atom is -0.771 e. The van der Waals surface area contributed by atoms with Gasteiger partial charge in [0.25, 0.3) is 0 Å². The molecule has 0 radical (unpaired) electrons. The molecule has 1 N–H and O–H groups in total. The monoisotopic (exact) mass is 519 g/mol. The van der Waals surface area contributed by atoms with E-state index in [9.17, 15) is 13.6 Å². The average molecular weight is 520 g/mol. The third-order valence-electron chi connectivity index (χ3n) is 6.74. The first kappa shape index (κ1) is 28.8. The van der Waals surface area contributed by atoms with E-state index in [1.54, 1.807) is 0 Å². The van der Waals surface area contributed by atoms with Gasteiger partial charge in [-0.15, -0.1) is 0 Å². The predicted molar refractivity (Wildman–Crippen MR) is 154 cm³/mol. The fourth-order valence-corrected chi connectivity index (χ4v) is 5.32. The summed E-state index contributed by atoms with van der Waals surface area (Å²) in [4.78, 5) is 15.6. The van der Waals surface area contributed by atoms with Gasteiger partial charge in [-0.1, -0.05) is 70.2 Å². The maximum absolute atomic E-state index is 13.5. The molecular formula is C31H39N2O3S-. The van der Waals surface area contributed by atoms with Crippen LogP contribution in [0.5, 0.6) is 0 Å². The van der Waals surface area contributed by atoms with Crippen molar-refractivity contribution in [1.29, 1.82) is 0 Å². The number of rotatable bonds is 9. The van der Waals surface area contributed by atoms with Crippen molar-refractivity contribution >= 4 is 22.7 Å². The Kier molecular flexibility index (Phi) is 9.46. The highest BCUT2D eigenvalue weighted by atomic mass is 32.2. The van der Waals surface area contributed by atoms with Gasteiger partial charge in [-0.2, -0.15) is 0 Å². The van der Waals surface area contributed by atoms with Gasteiger partial charge in [-0.25, -0.2) is 0 Å². The quantitative estimate of drug-likeness (QED) is 0.314. The molecule has 0 aliphatic heterocycles. The fraction of sp³-hybridized carbons (Fsp3) is 0.387. The van der Waals surface area contributed by atoms with Crippen LogP contribution in [0.4, 0.5) is 5.69 Å². The van der Waals surface area contributed by atoms with Gasteiger partial charge in [0.15, 0.2) is 0 Å². The van der Waals surface area contributed by atoms with Crippen LogP contribution in [0.2, 0.25) is 0 Å². The summed E-state index contributed by atoms with van der Waals surface area (Å²) in [5, 5.41) is 1.53. The van der Waals surface area contributed by atoms with Gasteiger partial charge >= 0.3 is 0 Å². The van der Waals surface area contributed by atoms with E-state index in [4.69, 9.17) is 0 Å². The molecule has 198 valence electrons. The number of amides is 1. The SMILES string of the molecule is Cc1ccc(-c2cc(C(C)C)c(C(C(=O)Nc3ccc(CN(C)C)cc3)S(=O)[O-])c(C(C)C)c2)cc1C. The van der Waals surface area contributed by atoms with E-state index in [1.807, 2.05) is 66.1 Å². The van der Waals surface area contributed by atoms with Crippen molar-refractivity contribution in [3.63, 3.8) is 0 Å². The summed E-state index contributed by atoms with van der Waals surface area (Å²) in [7, 11) is 3.99. The number of hydrogen-bond donors (Lipinski definition) is 1. The van der Waals surface area contributed by atoms with Crippen molar-refractivity contribution in [2.45, 2.75) is 65.2 Å². The number of carbonyl (C=O) groups excluding carboxylic acids is 1. The van der Waals surface area contributed by atoms with E-state index < -0.39 is 22.2 Å². The Morgan fingerprint density at radius 2 is 1.43 bits per heavy atom. The van der Waals surface area contributed by atoms with Crippen LogP contribution >= 0.6 is 0 Å². The predicted octanol–water partition coefficient (Wildman–Crippen LogP) is 6.84. The Balaban J connectivity index is 2.09. The Hall–Kier alpha value is -2.80. The first-order chi connectivity index (χ1) is 17.4. The van der Waals surface area contributed by atoms with Crippen molar-refractivity contribution < 1.29 is 13.6 Å². The zero-order chi connectivity index (χ0) is 27.4. The number of nitrogens with zero attached hydrogens (tertiary/aromatic N) is 1. The topological polar surface area (TPSA) is 72.5 Å². The maximum atomic E-state index is 13.5. The molecule has 0 aliphatic rings. The lowest BCUT2D eigenvalue weighted by Crippen LogP contribution is -2.27. The van der Waals surface area contributed by atoms with E-state index in [1.165, 1.54) is 11.1 Å². The standard InChI is InChI=1S/C31H40N2O3S/c1-19(2)27-16-25(24-12-9-21(5)22(6)15-24)17-28(20(3)4)29(27)30(37(35)36)31(34)32-26-13-10-23(11-14-26)18-33(7)8/h9-17,19-20,30H,18H2,1-8H3,(H,32,34)(H,35,36)/p-1. The minimum atomic E-state index is -2.65. The second-order valence-electron chi connectivity index (χ2n) is 10.7. The lowest BCUT2D eigenvalue weighted by Gasteiger charge is -2.29. The Morgan fingerprint density at radius 1 is 0.865 bits per heavy atom. The normalized spacial score (nSPS) is 13.3. The first-order valence-corrected chi connectivity index (χ1v) is 13.9. The zero-order valence-corrected chi connectivity index (χ0v) is 24.0. The van der Waals surface area contributed by atoms with Crippen LogP contribution < -0.4 is 5.32 Å². The summed E-state index contributed by atoms with van der Waals surface area (Å²) in [5.74, 6) is -0.484. The average Bonchev–Trinajstić information content (AvgIpc) is 2.81. The molecule has 3 aromatic rings. The lowest BCUT2D eigenvalue weighted by molar-refractivity contribution is -0.116. The summed E-state index contributed by atoms with van der Waals surface area (Å²) in [5.41, 5.74) is 8.58. The highest BCUT2D eigenvalue weighted by Crippen LogP contribution is 2.39. The van der Waals surface area contributed by atoms with Crippen LogP contribution in [-0.2, 0) is 22.4 Å². The van der Waals surface area contributed by atoms with Gasteiger partial charge in [-0.05, 0) is 107 Å². The molecule has 0 saturated heterocycles. The number of hydrogen-bond acceptors (Lipinski definition) is 4. The highest BCUT2D eigenvalue weighted by Gasteiger charge is 2.30. The smallest absolute Gasteiger partial charge is 0.243 e. The van der Waals surface area contributed by atoms with Crippen LogP contribution in [0.15, 0.2) is 54.6 Å². The summed E-state index contributed by atoms with van der Waals surface area (Å²) in [6.07, 6.45) is 0.